The van der Waals surface area contributed by atoms with Crippen LogP contribution in [0.4, 0.5) is 0 Å². The van der Waals surface area contributed by atoms with E-state index < -0.39 is 0 Å². The molecule has 3 fully saturated rings. The van der Waals surface area contributed by atoms with Crippen LogP contribution in [0.25, 0.3) is 0 Å². The Hall–Kier alpha value is -0.120. The number of aliphatic hydroxyl groups excluding tert-OH is 1. The maximum Gasteiger partial charge on any atom is 0.0692 e. The monoisotopic (exact) mass is 210 g/mol. The van der Waals surface area contributed by atoms with Gasteiger partial charge in [-0.1, -0.05) is 0 Å². The number of aliphatic hydroxyl groups is 1. The Balaban J connectivity index is 1.46. The van der Waals surface area contributed by atoms with Crippen LogP contribution in [-0.4, -0.2) is 48.3 Å². The lowest BCUT2D eigenvalue weighted by Gasteiger charge is -2.31. The molecule has 0 aromatic carbocycles. The molecule has 2 N–H and O–H groups in total. The molecular formula is C12H22N2O. The van der Waals surface area contributed by atoms with E-state index in [2.05, 4.69) is 10.2 Å². The molecule has 3 heteroatoms. The highest BCUT2D eigenvalue weighted by Crippen LogP contribution is 2.33. The zero-order chi connectivity index (χ0) is 10.3. The van der Waals surface area contributed by atoms with Gasteiger partial charge in [0.2, 0.25) is 0 Å². The van der Waals surface area contributed by atoms with Crippen LogP contribution in [0.1, 0.15) is 25.7 Å². The van der Waals surface area contributed by atoms with Crippen molar-refractivity contribution in [1.29, 1.82) is 0 Å². The molecule has 0 aromatic heterocycles. The first-order valence-electron chi connectivity index (χ1n) is 6.47. The molecular weight excluding hydrogens is 188 g/mol. The van der Waals surface area contributed by atoms with Crippen molar-refractivity contribution in [3.05, 3.63) is 0 Å². The molecule has 2 aliphatic heterocycles. The van der Waals surface area contributed by atoms with Crippen LogP contribution in [0.2, 0.25) is 0 Å². The highest BCUT2D eigenvalue weighted by Gasteiger charge is 2.35. The van der Waals surface area contributed by atoms with Crippen LogP contribution >= 0.6 is 0 Å². The number of fused-ring (bicyclic) bond motifs is 2. The first-order valence-corrected chi connectivity index (χ1v) is 6.47. The third-order valence-electron chi connectivity index (χ3n) is 4.39. The molecule has 3 aliphatic rings. The van der Waals surface area contributed by atoms with Crippen molar-refractivity contribution < 1.29 is 5.11 Å². The number of nitrogens with one attached hydrogen (secondary N) is 1. The average Bonchev–Trinajstić information content (AvgIpc) is 3.03. The molecule has 3 rings (SSSR count). The summed E-state index contributed by atoms with van der Waals surface area (Å²) in [6.07, 6.45) is 5.04. The number of hydrogen-bond donors (Lipinski definition) is 2. The highest BCUT2D eigenvalue weighted by atomic mass is 16.3. The minimum absolute atomic E-state index is 0.0792. The van der Waals surface area contributed by atoms with Gasteiger partial charge >= 0.3 is 0 Å². The Morgan fingerprint density at radius 2 is 2.00 bits per heavy atom. The Kier molecular flexibility index (Phi) is 2.71. The minimum Gasteiger partial charge on any atom is -0.392 e. The quantitative estimate of drug-likeness (QED) is 0.707. The molecule has 0 amide bonds. The second kappa shape index (κ2) is 4.04. The van der Waals surface area contributed by atoms with Crippen LogP contribution in [0.15, 0.2) is 0 Å². The Labute approximate surface area is 91.8 Å². The van der Waals surface area contributed by atoms with Crippen molar-refractivity contribution in [3.63, 3.8) is 0 Å². The molecule has 86 valence electrons. The zero-order valence-corrected chi connectivity index (χ0v) is 9.36. The maximum absolute atomic E-state index is 9.82. The predicted octanol–water partition coefficient (Wildman–Crippen LogP) is 0.441. The standard InChI is InChI=1S/C12H22N2O/c15-12(9-1-2-9)7-13-11-4-6-14-5-3-10(11)8-14/h9-13,15H,1-8H2. The zero-order valence-electron chi connectivity index (χ0n) is 9.36. The topological polar surface area (TPSA) is 35.5 Å². The summed E-state index contributed by atoms with van der Waals surface area (Å²) in [6.45, 7) is 4.67. The van der Waals surface area contributed by atoms with Crippen molar-refractivity contribution in [1.82, 2.24) is 10.2 Å². The molecule has 1 aliphatic carbocycles. The van der Waals surface area contributed by atoms with Crippen LogP contribution in [0.3, 0.4) is 0 Å². The van der Waals surface area contributed by atoms with Crippen molar-refractivity contribution in [2.24, 2.45) is 11.8 Å². The summed E-state index contributed by atoms with van der Waals surface area (Å²) < 4.78 is 0. The second-order valence-electron chi connectivity index (χ2n) is 5.56. The van der Waals surface area contributed by atoms with Crippen LogP contribution in [0.5, 0.6) is 0 Å². The van der Waals surface area contributed by atoms with E-state index >= 15 is 0 Å². The van der Waals surface area contributed by atoms with Gasteiger partial charge in [-0.25, -0.2) is 0 Å². The Morgan fingerprint density at radius 1 is 1.20 bits per heavy atom. The first-order chi connectivity index (χ1) is 7.33. The van der Waals surface area contributed by atoms with E-state index in [1.54, 1.807) is 0 Å². The fourth-order valence-electron chi connectivity index (χ4n) is 3.14. The van der Waals surface area contributed by atoms with Gasteiger partial charge in [0, 0.05) is 19.1 Å². The molecule has 4 atom stereocenters. The van der Waals surface area contributed by atoms with E-state index in [-0.39, 0.29) is 6.10 Å². The van der Waals surface area contributed by atoms with E-state index in [0.717, 1.165) is 12.5 Å². The van der Waals surface area contributed by atoms with Gasteiger partial charge < -0.3 is 15.3 Å². The summed E-state index contributed by atoms with van der Waals surface area (Å²) in [5.74, 6) is 1.46. The van der Waals surface area contributed by atoms with Crippen molar-refractivity contribution >= 4 is 0 Å². The number of hydrogen-bond acceptors (Lipinski definition) is 3. The molecule has 4 unspecified atom stereocenters. The maximum atomic E-state index is 9.82. The van der Waals surface area contributed by atoms with Crippen molar-refractivity contribution in [2.45, 2.75) is 37.8 Å². The molecule has 0 spiro atoms. The van der Waals surface area contributed by atoms with E-state index in [4.69, 9.17) is 0 Å². The molecule has 2 heterocycles. The lowest BCUT2D eigenvalue weighted by Crippen LogP contribution is -2.46. The third kappa shape index (κ3) is 2.19. The number of piperidine rings is 1. The molecule has 1 saturated carbocycles. The number of rotatable bonds is 4. The molecule has 2 bridgehead atoms. The van der Waals surface area contributed by atoms with Gasteiger partial charge in [-0.3, -0.25) is 0 Å². The second-order valence-corrected chi connectivity index (χ2v) is 5.56. The van der Waals surface area contributed by atoms with Gasteiger partial charge in [-0.05, 0) is 50.6 Å². The van der Waals surface area contributed by atoms with Crippen molar-refractivity contribution in [2.75, 3.05) is 26.2 Å². The number of nitrogens with zero attached hydrogens (tertiary/aromatic N) is 1. The third-order valence-corrected chi connectivity index (χ3v) is 4.39. The smallest absolute Gasteiger partial charge is 0.0692 e. The summed E-state index contributed by atoms with van der Waals surface area (Å²) >= 11 is 0. The van der Waals surface area contributed by atoms with Gasteiger partial charge in [0.05, 0.1) is 6.10 Å². The first kappa shape index (κ1) is 10.1. The molecule has 2 saturated heterocycles. The van der Waals surface area contributed by atoms with E-state index in [1.807, 2.05) is 0 Å². The molecule has 0 aromatic rings. The van der Waals surface area contributed by atoms with Crippen LogP contribution < -0.4 is 5.32 Å². The largest absolute Gasteiger partial charge is 0.392 e. The van der Waals surface area contributed by atoms with Gasteiger partial charge in [0.25, 0.3) is 0 Å². The fraction of sp³-hybridized carbons (Fsp3) is 1.00. The lowest BCUT2D eigenvalue weighted by atomic mass is 9.94. The summed E-state index contributed by atoms with van der Waals surface area (Å²) in [7, 11) is 0. The summed E-state index contributed by atoms with van der Waals surface area (Å²) in [6, 6.07) is 0.678. The van der Waals surface area contributed by atoms with Crippen LogP contribution in [-0.2, 0) is 0 Å². The molecule has 3 nitrogen and oxygen atoms in total. The van der Waals surface area contributed by atoms with Gasteiger partial charge in [-0.15, -0.1) is 0 Å². The minimum atomic E-state index is -0.0792. The van der Waals surface area contributed by atoms with E-state index in [1.165, 1.54) is 45.3 Å². The molecule has 15 heavy (non-hydrogen) atoms. The van der Waals surface area contributed by atoms with Crippen LogP contribution in [0, 0.1) is 11.8 Å². The Morgan fingerprint density at radius 3 is 2.80 bits per heavy atom. The van der Waals surface area contributed by atoms with E-state index in [9.17, 15) is 5.11 Å². The van der Waals surface area contributed by atoms with Gasteiger partial charge in [0.15, 0.2) is 0 Å². The SMILES string of the molecule is OC(CNC1CCN2CCC1C2)C1CC1. The van der Waals surface area contributed by atoms with Gasteiger partial charge in [-0.2, -0.15) is 0 Å². The fourth-order valence-corrected chi connectivity index (χ4v) is 3.14. The summed E-state index contributed by atoms with van der Waals surface area (Å²) in [5, 5.41) is 13.4. The van der Waals surface area contributed by atoms with Crippen molar-refractivity contribution in [3.8, 4) is 0 Å². The summed E-state index contributed by atoms with van der Waals surface area (Å²) in [5.41, 5.74) is 0. The van der Waals surface area contributed by atoms with Gasteiger partial charge in [0.1, 0.15) is 0 Å². The lowest BCUT2D eigenvalue weighted by molar-refractivity contribution is 0.132. The van der Waals surface area contributed by atoms with E-state index in [0.29, 0.717) is 12.0 Å². The molecule has 0 radical (unpaired) electrons. The summed E-state index contributed by atoms with van der Waals surface area (Å²) in [4.78, 5) is 2.57. The highest BCUT2D eigenvalue weighted by molar-refractivity contribution is 4.92. The Bertz CT molecular complexity index is 230. The normalized spacial score (nSPS) is 41.8. The average molecular weight is 210 g/mol. The predicted molar refractivity (Wildman–Crippen MR) is 59.7 cm³/mol.